The molecule has 20 heavy (non-hydrogen) atoms. The van der Waals surface area contributed by atoms with Crippen molar-refractivity contribution in [3.05, 3.63) is 29.3 Å². The third-order valence-corrected chi connectivity index (χ3v) is 3.21. The summed E-state index contributed by atoms with van der Waals surface area (Å²) in [6.45, 7) is 7.73. The van der Waals surface area contributed by atoms with Gasteiger partial charge < -0.3 is 10.6 Å². The van der Waals surface area contributed by atoms with Crippen molar-refractivity contribution in [2.24, 2.45) is 5.92 Å². The molecule has 0 saturated carbocycles. The zero-order valence-corrected chi connectivity index (χ0v) is 12.7. The van der Waals surface area contributed by atoms with Gasteiger partial charge in [0.25, 0.3) is 0 Å². The summed E-state index contributed by atoms with van der Waals surface area (Å²) in [5.41, 5.74) is 3.13. The molecule has 1 aromatic carbocycles. The Bertz CT molecular complexity index is 459. The van der Waals surface area contributed by atoms with E-state index in [-0.39, 0.29) is 24.3 Å². The lowest BCUT2D eigenvalue weighted by molar-refractivity contribution is -0.126. The van der Waals surface area contributed by atoms with Crippen molar-refractivity contribution in [3.63, 3.8) is 0 Å². The first kappa shape index (κ1) is 16.2. The van der Waals surface area contributed by atoms with Crippen LogP contribution in [0.15, 0.2) is 18.2 Å². The summed E-state index contributed by atoms with van der Waals surface area (Å²) >= 11 is 0. The Morgan fingerprint density at radius 2 is 1.65 bits per heavy atom. The molecule has 2 amide bonds. The van der Waals surface area contributed by atoms with Gasteiger partial charge in [0.1, 0.15) is 0 Å². The minimum absolute atomic E-state index is 0.0121. The van der Waals surface area contributed by atoms with Crippen LogP contribution in [-0.2, 0) is 22.4 Å². The van der Waals surface area contributed by atoms with Crippen LogP contribution in [0.5, 0.6) is 0 Å². The summed E-state index contributed by atoms with van der Waals surface area (Å²) in [5, 5.41) is 5.55. The molecular formula is C16H24N2O2. The van der Waals surface area contributed by atoms with Crippen LogP contribution in [-0.4, -0.2) is 18.4 Å². The highest BCUT2D eigenvalue weighted by atomic mass is 16.2. The van der Waals surface area contributed by atoms with Crippen molar-refractivity contribution in [1.82, 2.24) is 5.32 Å². The zero-order chi connectivity index (χ0) is 15.1. The van der Waals surface area contributed by atoms with Crippen molar-refractivity contribution in [1.29, 1.82) is 0 Å². The standard InChI is InChI=1S/C16H24N2O2/c1-5-12-8-7-9-13(6-2)15(12)18-14(19)10-17-16(20)11(3)4/h7-9,11H,5-6,10H2,1-4H3,(H,17,20)(H,18,19). The summed E-state index contributed by atoms with van der Waals surface area (Å²) < 4.78 is 0. The Morgan fingerprint density at radius 3 is 2.10 bits per heavy atom. The van der Waals surface area contributed by atoms with E-state index in [2.05, 4.69) is 24.5 Å². The predicted molar refractivity (Wildman–Crippen MR) is 81.7 cm³/mol. The molecule has 0 fully saturated rings. The molecule has 0 bridgehead atoms. The maximum Gasteiger partial charge on any atom is 0.243 e. The van der Waals surface area contributed by atoms with Gasteiger partial charge in [0, 0.05) is 11.6 Å². The van der Waals surface area contributed by atoms with E-state index in [1.807, 2.05) is 18.2 Å². The van der Waals surface area contributed by atoms with E-state index >= 15 is 0 Å². The summed E-state index contributed by atoms with van der Waals surface area (Å²) in [4.78, 5) is 23.4. The molecule has 0 unspecified atom stereocenters. The lowest BCUT2D eigenvalue weighted by atomic mass is 10.0. The maximum absolute atomic E-state index is 11.9. The average molecular weight is 276 g/mol. The van der Waals surface area contributed by atoms with Crippen molar-refractivity contribution in [2.45, 2.75) is 40.5 Å². The third kappa shape index (κ3) is 4.37. The first-order chi connectivity index (χ1) is 9.49. The van der Waals surface area contributed by atoms with E-state index in [1.165, 1.54) is 0 Å². The van der Waals surface area contributed by atoms with Crippen LogP contribution in [0.3, 0.4) is 0 Å². The number of hydrogen-bond donors (Lipinski definition) is 2. The van der Waals surface area contributed by atoms with Crippen molar-refractivity contribution >= 4 is 17.5 Å². The maximum atomic E-state index is 11.9. The topological polar surface area (TPSA) is 58.2 Å². The molecule has 0 aromatic heterocycles. The van der Waals surface area contributed by atoms with Crippen LogP contribution in [0.2, 0.25) is 0 Å². The smallest absolute Gasteiger partial charge is 0.243 e. The normalized spacial score (nSPS) is 10.4. The second-order valence-corrected chi connectivity index (χ2v) is 5.08. The molecule has 4 heteroatoms. The lowest BCUT2D eigenvalue weighted by Gasteiger charge is -2.15. The van der Waals surface area contributed by atoms with Gasteiger partial charge in [-0.25, -0.2) is 0 Å². The molecule has 0 radical (unpaired) electrons. The van der Waals surface area contributed by atoms with Gasteiger partial charge >= 0.3 is 0 Å². The van der Waals surface area contributed by atoms with Gasteiger partial charge in [-0.15, -0.1) is 0 Å². The van der Waals surface area contributed by atoms with E-state index in [4.69, 9.17) is 0 Å². The van der Waals surface area contributed by atoms with E-state index in [0.717, 1.165) is 29.7 Å². The average Bonchev–Trinajstić information content (AvgIpc) is 2.44. The van der Waals surface area contributed by atoms with Gasteiger partial charge in [-0.05, 0) is 24.0 Å². The Hall–Kier alpha value is -1.84. The van der Waals surface area contributed by atoms with E-state index in [1.54, 1.807) is 13.8 Å². The second kappa shape index (κ2) is 7.68. The fourth-order valence-corrected chi connectivity index (χ4v) is 1.96. The molecule has 0 spiro atoms. The third-order valence-electron chi connectivity index (χ3n) is 3.21. The quantitative estimate of drug-likeness (QED) is 0.838. The molecule has 4 nitrogen and oxygen atoms in total. The number of rotatable bonds is 6. The highest BCUT2D eigenvalue weighted by molar-refractivity contribution is 5.96. The molecule has 0 heterocycles. The number of carbonyl (C=O) groups excluding carboxylic acids is 2. The second-order valence-electron chi connectivity index (χ2n) is 5.08. The number of hydrogen-bond acceptors (Lipinski definition) is 2. The molecular weight excluding hydrogens is 252 g/mol. The first-order valence-electron chi connectivity index (χ1n) is 7.17. The van der Waals surface area contributed by atoms with Crippen molar-refractivity contribution < 1.29 is 9.59 Å². The number of nitrogens with one attached hydrogen (secondary N) is 2. The summed E-state index contributed by atoms with van der Waals surface area (Å²) in [5.74, 6) is -0.411. The summed E-state index contributed by atoms with van der Waals surface area (Å²) in [7, 11) is 0. The fraction of sp³-hybridized carbons (Fsp3) is 0.500. The Kier molecular flexibility index (Phi) is 6.22. The molecule has 0 aliphatic carbocycles. The minimum atomic E-state index is -0.186. The van der Waals surface area contributed by atoms with Gasteiger partial charge in [0.15, 0.2) is 0 Å². The lowest BCUT2D eigenvalue weighted by Crippen LogP contribution is -2.35. The molecule has 2 N–H and O–H groups in total. The molecule has 0 saturated heterocycles. The van der Waals surface area contributed by atoms with Gasteiger partial charge in [-0.3, -0.25) is 9.59 Å². The monoisotopic (exact) mass is 276 g/mol. The number of anilines is 1. The van der Waals surface area contributed by atoms with E-state index in [9.17, 15) is 9.59 Å². The molecule has 0 aliphatic heterocycles. The predicted octanol–water partition coefficient (Wildman–Crippen LogP) is 2.52. The van der Waals surface area contributed by atoms with Crippen LogP contribution in [0.1, 0.15) is 38.8 Å². The van der Waals surface area contributed by atoms with Gasteiger partial charge in [-0.1, -0.05) is 45.9 Å². The van der Waals surface area contributed by atoms with Gasteiger partial charge in [-0.2, -0.15) is 0 Å². The fourth-order valence-electron chi connectivity index (χ4n) is 1.96. The number of amides is 2. The zero-order valence-electron chi connectivity index (χ0n) is 12.7. The highest BCUT2D eigenvalue weighted by Crippen LogP contribution is 2.22. The van der Waals surface area contributed by atoms with Crippen molar-refractivity contribution in [2.75, 3.05) is 11.9 Å². The van der Waals surface area contributed by atoms with E-state index < -0.39 is 0 Å². The van der Waals surface area contributed by atoms with Crippen LogP contribution in [0.25, 0.3) is 0 Å². The Labute approximate surface area is 121 Å². The van der Waals surface area contributed by atoms with E-state index in [0.29, 0.717) is 0 Å². The molecule has 0 aliphatic rings. The van der Waals surface area contributed by atoms with Crippen LogP contribution < -0.4 is 10.6 Å². The largest absolute Gasteiger partial charge is 0.347 e. The number of aryl methyl sites for hydroxylation is 2. The number of carbonyl (C=O) groups is 2. The van der Waals surface area contributed by atoms with Gasteiger partial charge in [0.05, 0.1) is 6.54 Å². The minimum Gasteiger partial charge on any atom is -0.347 e. The van der Waals surface area contributed by atoms with Crippen LogP contribution in [0, 0.1) is 5.92 Å². The Morgan fingerprint density at radius 1 is 1.10 bits per heavy atom. The highest BCUT2D eigenvalue weighted by Gasteiger charge is 2.12. The molecule has 1 aromatic rings. The molecule has 110 valence electrons. The van der Waals surface area contributed by atoms with Crippen LogP contribution >= 0.6 is 0 Å². The SMILES string of the molecule is CCc1cccc(CC)c1NC(=O)CNC(=O)C(C)C. The van der Waals surface area contributed by atoms with Crippen LogP contribution in [0.4, 0.5) is 5.69 Å². The van der Waals surface area contributed by atoms with Crippen molar-refractivity contribution in [3.8, 4) is 0 Å². The Balaban J connectivity index is 2.73. The first-order valence-corrected chi connectivity index (χ1v) is 7.17. The summed E-state index contributed by atoms with van der Waals surface area (Å²) in [6.07, 6.45) is 1.73. The van der Waals surface area contributed by atoms with Gasteiger partial charge in [0.2, 0.25) is 11.8 Å². The number of para-hydroxylation sites is 1. The molecule has 0 atom stereocenters. The summed E-state index contributed by atoms with van der Waals surface area (Å²) in [6, 6.07) is 6.04. The number of benzene rings is 1. The molecule has 1 rings (SSSR count).